The minimum absolute atomic E-state index is 0.101. The van der Waals surface area contributed by atoms with Crippen LogP contribution in [0.4, 0.5) is 23.8 Å². The molecule has 2 aliphatic carbocycles. The number of anilines is 1. The van der Waals surface area contributed by atoms with Crippen molar-refractivity contribution in [3.8, 4) is 0 Å². The van der Waals surface area contributed by atoms with Crippen molar-refractivity contribution < 1.29 is 32.7 Å². The van der Waals surface area contributed by atoms with E-state index in [1.165, 1.54) is 13.0 Å². The third kappa shape index (κ3) is 7.99. The summed E-state index contributed by atoms with van der Waals surface area (Å²) in [7, 11) is 0. The quantitative estimate of drug-likeness (QED) is 0.289. The van der Waals surface area contributed by atoms with Crippen LogP contribution >= 0.6 is 0 Å². The van der Waals surface area contributed by atoms with Crippen molar-refractivity contribution in [1.29, 1.82) is 0 Å². The highest BCUT2D eigenvalue weighted by Crippen LogP contribution is 2.37. The van der Waals surface area contributed by atoms with Crippen LogP contribution in [0.1, 0.15) is 96.4 Å². The molecule has 252 valence electrons. The van der Waals surface area contributed by atoms with E-state index in [1.54, 1.807) is 4.90 Å². The monoisotopic (exact) mass is 647 g/mol. The number of carbonyl (C=O) groups is 3. The van der Waals surface area contributed by atoms with Gasteiger partial charge in [0.25, 0.3) is 0 Å². The number of likely N-dealkylation sites (tertiary alicyclic amines) is 1. The molecule has 0 bridgehead atoms. The fourth-order valence-corrected chi connectivity index (χ4v) is 7.30. The van der Waals surface area contributed by atoms with Crippen molar-refractivity contribution >= 4 is 34.6 Å². The van der Waals surface area contributed by atoms with Crippen molar-refractivity contribution in [2.45, 2.75) is 127 Å². The highest BCUT2D eigenvalue weighted by atomic mass is 19.4. The van der Waals surface area contributed by atoms with Gasteiger partial charge in [0.15, 0.2) is 0 Å². The molecular weight excluding hydrogens is 603 g/mol. The van der Waals surface area contributed by atoms with Gasteiger partial charge in [-0.1, -0.05) is 0 Å². The maximum absolute atomic E-state index is 13.9. The minimum atomic E-state index is -4.57. The molecule has 5 rings (SSSR count). The Bertz CT molecular complexity index is 1460. The molecule has 14 heteroatoms. The van der Waals surface area contributed by atoms with Crippen molar-refractivity contribution in [2.24, 2.45) is 0 Å². The van der Waals surface area contributed by atoms with E-state index in [9.17, 15) is 27.6 Å². The molecule has 2 aromatic rings. The van der Waals surface area contributed by atoms with Crippen LogP contribution in [0.2, 0.25) is 0 Å². The van der Waals surface area contributed by atoms with Crippen molar-refractivity contribution in [3.05, 3.63) is 29.6 Å². The number of rotatable bonds is 7. The lowest BCUT2D eigenvalue weighted by Gasteiger charge is -2.43. The van der Waals surface area contributed by atoms with Crippen molar-refractivity contribution in [3.63, 3.8) is 0 Å². The van der Waals surface area contributed by atoms with Crippen LogP contribution in [-0.2, 0) is 15.8 Å². The number of benzene rings is 1. The van der Waals surface area contributed by atoms with Crippen LogP contribution in [0.15, 0.2) is 18.2 Å². The Balaban J connectivity index is 1.38. The summed E-state index contributed by atoms with van der Waals surface area (Å²) in [6.07, 6.45) is -0.597. The summed E-state index contributed by atoms with van der Waals surface area (Å²) in [5.74, 6) is 0.184. The maximum atomic E-state index is 13.9. The Morgan fingerprint density at radius 2 is 1.65 bits per heavy atom. The van der Waals surface area contributed by atoms with Crippen LogP contribution in [0.25, 0.3) is 10.9 Å². The van der Waals surface area contributed by atoms with Gasteiger partial charge < -0.3 is 31.3 Å². The summed E-state index contributed by atoms with van der Waals surface area (Å²) < 4.78 is 41.1. The highest BCUT2D eigenvalue weighted by Gasteiger charge is 2.43. The van der Waals surface area contributed by atoms with Gasteiger partial charge in [-0.15, -0.1) is 0 Å². The Morgan fingerprint density at radius 1 is 0.957 bits per heavy atom. The normalized spacial score (nSPS) is 27.5. The highest BCUT2D eigenvalue weighted by molar-refractivity contribution is 5.93. The molecule has 11 nitrogen and oxygen atoms in total. The molecule has 1 aliphatic heterocycles. The zero-order valence-electron chi connectivity index (χ0n) is 26.7. The number of carbonyl (C=O) groups excluding carboxylic acids is 2. The minimum Gasteiger partial charge on any atom is -0.465 e. The molecule has 0 unspecified atom stereocenters. The van der Waals surface area contributed by atoms with E-state index in [2.05, 4.69) is 47.0 Å². The number of nitrogens with one attached hydrogen (secondary N) is 4. The number of aromatic nitrogens is 2. The first-order valence-electron chi connectivity index (χ1n) is 16.1. The Morgan fingerprint density at radius 3 is 2.28 bits per heavy atom. The number of halogens is 3. The first kappa shape index (κ1) is 33.7. The number of amides is 3. The predicted octanol–water partition coefficient (Wildman–Crippen LogP) is 4.77. The zero-order chi connectivity index (χ0) is 33.4. The van der Waals surface area contributed by atoms with E-state index in [-0.39, 0.29) is 58.6 Å². The molecule has 0 radical (unpaired) electrons. The average molecular weight is 648 g/mol. The molecule has 1 aromatic carbocycles. The summed E-state index contributed by atoms with van der Waals surface area (Å²) in [5, 5.41) is 21.6. The molecule has 1 saturated heterocycles. The molecule has 2 saturated carbocycles. The second kappa shape index (κ2) is 13.2. The summed E-state index contributed by atoms with van der Waals surface area (Å²) in [4.78, 5) is 48.2. The van der Waals surface area contributed by atoms with E-state index in [0.717, 1.165) is 18.6 Å². The third-order valence-electron chi connectivity index (χ3n) is 9.25. The second-order valence-electron chi connectivity index (χ2n) is 14.0. The number of nitrogens with zero attached hydrogens (tertiary/aromatic N) is 3. The van der Waals surface area contributed by atoms with Gasteiger partial charge in [-0.05, 0) is 90.3 Å². The molecule has 4 atom stereocenters. The summed E-state index contributed by atoms with van der Waals surface area (Å²) in [5.41, 5.74) is -0.599. The smallest absolute Gasteiger partial charge is 0.416 e. The summed E-state index contributed by atoms with van der Waals surface area (Å²) in [6, 6.07) is 2.20. The summed E-state index contributed by atoms with van der Waals surface area (Å²) >= 11 is 0. The lowest BCUT2D eigenvalue weighted by atomic mass is 9.84. The largest absolute Gasteiger partial charge is 0.465 e. The molecular formula is C32H44F3N7O4. The molecule has 3 amide bonds. The molecule has 46 heavy (non-hydrogen) atoms. The van der Waals surface area contributed by atoms with E-state index >= 15 is 0 Å². The SMILES string of the molecule is CC(=O)N[C@@H]1C[C@H](NC(C)(C)C)CC[C@@H]1N1CC[C@H](Nc2nc(C3CCC(NC(=O)O)CC3)nc3ccc(C(F)(F)F)cc23)C1=O. The van der Waals surface area contributed by atoms with Gasteiger partial charge in [0, 0.05) is 42.4 Å². The fraction of sp³-hybridized carbons (Fsp3) is 0.656. The van der Waals surface area contributed by atoms with Gasteiger partial charge in [-0.2, -0.15) is 13.2 Å². The first-order valence-corrected chi connectivity index (χ1v) is 16.1. The molecule has 0 spiro atoms. The van der Waals surface area contributed by atoms with Crippen LogP contribution in [0.3, 0.4) is 0 Å². The van der Waals surface area contributed by atoms with Crippen LogP contribution in [0.5, 0.6) is 0 Å². The number of alkyl halides is 3. The maximum Gasteiger partial charge on any atom is 0.416 e. The van der Waals surface area contributed by atoms with Crippen molar-refractivity contribution in [2.75, 3.05) is 11.9 Å². The lowest BCUT2D eigenvalue weighted by Crippen LogP contribution is -2.59. The van der Waals surface area contributed by atoms with E-state index in [4.69, 9.17) is 10.1 Å². The molecule has 3 fully saturated rings. The Hall–Kier alpha value is -3.68. The molecule has 5 N–H and O–H groups in total. The van der Waals surface area contributed by atoms with E-state index in [0.29, 0.717) is 62.8 Å². The number of carboxylic acid groups (broad SMARTS) is 1. The molecule has 2 heterocycles. The fourth-order valence-electron chi connectivity index (χ4n) is 7.30. The number of hydrogen-bond donors (Lipinski definition) is 5. The summed E-state index contributed by atoms with van der Waals surface area (Å²) in [6.45, 7) is 8.19. The number of hydrogen-bond acceptors (Lipinski definition) is 7. The standard InChI is InChI=1S/C32H44F3N7O4/c1-17(43)36-25-16-21(41-31(2,3)4)10-12-26(25)42-14-13-24(29(42)44)39-28-22-15-19(32(33,34)35)7-11-23(22)38-27(40-28)18-5-8-20(9-6-18)37-30(45)46/h7,11,15,18,20-21,24-26,37,41H,5-6,8-10,12-14,16H2,1-4H3,(H,36,43)(H,45,46)(H,38,39,40)/t18?,20?,21-,24+,25-,26+/m1/s1. The third-order valence-corrected chi connectivity index (χ3v) is 9.25. The Kier molecular flexibility index (Phi) is 9.67. The van der Waals surface area contributed by atoms with Gasteiger partial charge in [-0.25, -0.2) is 14.8 Å². The molecule has 3 aliphatic rings. The van der Waals surface area contributed by atoms with E-state index in [1.807, 2.05) is 0 Å². The van der Waals surface area contributed by atoms with Crippen LogP contribution in [0, 0.1) is 0 Å². The lowest BCUT2D eigenvalue weighted by molar-refractivity contribution is -0.137. The topological polar surface area (TPSA) is 149 Å². The second-order valence-corrected chi connectivity index (χ2v) is 14.0. The van der Waals surface area contributed by atoms with Crippen LogP contribution in [-0.4, -0.2) is 80.2 Å². The van der Waals surface area contributed by atoms with E-state index < -0.39 is 23.9 Å². The molecule has 1 aromatic heterocycles. The van der Waals surface area contributed by atoms with Gasteiger partial charge in [0.1, 0.15) is 17.7 Å². The van der Waals surface area contributed by atoms with Gasteiger partial charge in [0.05, 0.1) is 23.2 Å². The van der Waals surface area contributed by atoms with Gasteiger partial charge >= 0.3 is 12.3 Å². The van der Waals surface area contributed by atoms with Crippen molar-refractivity contribution in [1.82, 2.24) is 30.8 Å². The zero-order valence-corrected chi connectivity index (χ0v) is 26.7. The average Bonchev–Trinajstić information content (AvgIpc) is 3.30. The predicted molar refractivity (Wildman–Crippen MR) is 166 cm³/mol. The Labute approximate surface area is 266 Å². The number of fused-ring (bicyclic) bond motifs is 1. The van der Waals surface area contributed by atoms with Crippen LogP contribution < -0.4 is 21.3 Å². The van der Waals surface area contributed by atoms with Gasteiger partial charge in [0.2, 0.25) is 11.8 Å². The first-order chi connectivity index (χ1) is 21.6. The van der Waals surface area contributed by atoms with Gasteiger partial charge in [-0.3, -0.25) is 9.59 Å².